The van der Waals surface area contributed by atoms with Crippen molar-refractivity contribution in [3.63, 3.8) is 0 Å². The third-order valence-corrected chi connectivity index (χ3v) is 9.19. The van der Waals surface area contributed by atoms with Crippen LogP contribution in [0.25, 0.3) is 0 Å². The molecule has 0 saturated carbocycles. The number of rotatable bonds is 10. The van der Waals surface area contributed by atoms with Gasteiger partial charge in [-0.05, 0) is 104 Å². The molecule has 0 radical (unpaired) electrons. The molecule has 2 N–H and O–H groups in total. The summed E-state index contributed by atoms with van der Waals surface area (Å²) in [6.07, 6.45) is 15.1. The van der Waals surface area contributed by atoms with Crippen molar-refractivity contribution < 1.29 is 0 Å². The Bertz CT molecular complexity index is 516. The van der Waals surface area contributed by atoms with Crippen molar-refractivity contribution >= 4 is 0 Å². The van der Waals surface area contributed by atoms with Crippen LogP contribution >= 0.6 is 0 Å². The SMILES string of the molecule is CCCCCCCCC(C)C(C)(C1CC(C)(C)NC(C)(C)C1)C1CC(C)(C)NC(C)(C)C1. The first-order valence-electron chi connectivity index (χ1n) is 14.1. The number of piperidine rings is 2. The van der Waals surface area contributed by atoms with Gasteiger partial charge in [0, 0.05) is 22.2 Å². The van der Waals surface area contributed by atoms with Gasteiger partial charge in [0.25, 0.3) is 0 Å². The van der Waals surface area contributed by atoms with E-state index in [9.17, 15) is 0 Å². The minimum absolute atomic E-state index is 0.214. The molecule has 32 heavy (non-hydrogen) atoms. The average Bonchev–Trinajstić information content (AvgIpc) is 2.58. The second kappa shape index (κ2) is 10.3. The number of unbranched alkanes of at least 4 members (excludes halogenated alkanes) is 5. The van der Waals surface area contributed by atoms with Gasteiger partial charge >= 0.3 is 0 Å². The summed E-state index contributed by atoms with van der Waals surface area (Å²) in [5.41, 5.74) is 1.24. The van der Waals surface area contributed by atoms with Crippen molar-refractivity contribution in [1.82, 2.24) is 10.6 Å². The Morgan fingerprint density at radius 3 is 1.38 bits per heavy atom. The third kappa shape index (κ3) is 7.46. The lowest BCUT2D eigenvalue weighted by Crippen LogP contribution is -2.64. The normalized spacial score (nSPS) is 26.7. The molecule has 0 bridgehead atoms. The van der Waals surface area contributed by atoms with E-state index in [2.05, 4.69) is 86.8 Å². The van der Waals surface area contributed by atoms with Crippen molar-refractivity contribution in [2.45, 2.75) is 169 Å². The summed E-state index contributed by atoms with van der Waals surface area (Å²) >= 11 is 0. The van der Waals surface area contributed by atoms with E-state index in [1.54, 1.807) is 0 Å². The predicted octanol–water partition coefficient (Wildman–Crippen LogP) is 8.49. The van der Waals surface area contributed by atoms with Gasteiger partial charge in [0.2, 0.25) is 0 Å². The van der Waals surface area contributed by atoms with Crippen LogP contribution in [-0.4, -0.2) is 22.2 Å². The first-order valence-corrected chi connectivity index (χ1v) is 14.1. The predicted molar refractivity (Wildman–Crippen MR) is 143 cm³/mol. The molecule has 0 aromatic heterocycles. The van der Waals surface area contributed by atoms with Crippen LogP contribution in [0.4, 0.5) is 0 Å². The van der Waals surface area contributed by atoms with Gasteiger partial charge in [-0.15, -0.1) is 0 Å². The van der Waals surface area contributed by atoms with Crippen molar-refractivity contribution in [2.75, 3.05) is 0 Å². The summed E-state index contributed by atoms with van der Waals surface area (Å²) in [4.78, 5) is 0. The zero-order valence-corrected chi connectivity index (χ0v) is 24.0. The zero-order chi connectivity index (χ0) is 24.4. The monoisotopic (exact) mass is 448 g/mol. The highest BCUT2D eigenvalue weighted by molar-refractivity contribution is 5.08. The fourth-order valence-electron chi connectivity index (χ4n) is 8.20. The van der Waals surface area contributed by atoms with Gasteiger partial charge in [0.15, 0.2) is 0 Å². The van der Waals surface area contributed by atoms with Gasteiger partial charge in [-0.1, -0.05) is 65.7 Å². The molecule has 0 aromatic rings. The first kappa shape index (κ1) is 28.2. The second-order valence-electron chi connectivity index (χ2n) is 14.8. The summed E-state index contributed by atoms with van der Waals surface area (Å²) < 4.78 is 0. The molecule has 2 nitrogen and oxygen atoms in total. The van der Waals surface area contributed by atoms with Crippen molar-refractivity contribution in [3.8, 4) is 0 Å². The lowest BCUT2D eigenvalue weighted by molar-refractivity contribution is -0.0709. The molecule has 0 aromatic carbocycles. The molecule has 2 heteroatoms. The highest BCUT2D eigenvalue weighted by Gasteiger charge is 2.54. The molecule has 190 valence electrons. The van der Waals surface area contributed by atoms with Gasteiger partial charge in [-0.3, -0.25) is 0 Å². The summed E-state index contributed by atoms with van der Waals surface area (Å²) in [6, 6.07) is 0. The molecule has 1 atom stereocenters. The minimum Gasteiger partial charge on any atom is -0.307 e. The molecule has 2 rings (SSSR count). The van der Waals surface area contributed by atoms with E-state index in [-0.39, 0.29) is 22.2 Å². The van der Waals surface area contributed by atoms with Gasteiger partial charge in [0.1, 0.15) is 0 Å². The van der Waals surface area contributed by atoms with E-state index in [4.69, 9.17) is 0 Å². The zero-order valence-electron chi connectivity index (χ0n) is 24.0. The van der Waals surface area contributed by atoms with Crippen LogP contribution in [0.3, 0.4) is 0 Å². The Labute approximate surface area is 202 Å². The Hall–Kier alpha value is -0.0800. The van der Waals surface area contributed by atoms with Gasteiger partial charge in [-0.2, -0.15) is 0 Å². The van der Waals surface area contributed by atoms with E-state index in [0.29, 0.717) is 5.41 Å². The van der Waals surface area contributed by atoms with Crippen LogP contribution in [0.5, 0.6) is 0 Å². The summed E-state index contributed by atoms with van der Waals surface area (Å²) in [7, 11) is 0. The molecule has 2 fully saturated rings. The highest BCUT2D eigenvalue weighted by Crippen LogP contribution is 2.56. The Morgan fingerprint density at radius 2 is 1.00 bits per heavy atom. The van der Waals surface area contributed by atoms with E-state index in [1.165, 1.54) is 70.6 Å². The topological polar surface area (TPSA) is 24.1 Å². The molecule has 2 heterocycles. The molecular formula is C30H60N2. The highest BCUT2D eigenvalue weighted by atomic mass is 15.1. The second-order valence-corrected chi connectivity index (χ2v) is 14.8. The molecule has 2 aliphatic heterocycles. The van der Waals surface area contributed by atoms with E-state index >= 15 is 0 Å². The van der Waals surface area contributed by atoms with Crippen LogP contribution in [0.1, 0.15) is 147 Å². The van der Waals surface area contributed by atoms with Crippen molar-refractivity contribution in [2.24, 2.45) is 23.2 Å². The third-order valence-electron chi connectivity index (χ3n) is 9.19. The average molecular weight is 449 g/mol. The van der Waals surface area contributed by atoms with Crippen molar-refractivity contribution in [3.05, 3.63) is 0 Å². The molecule has 0 amide bonds. The lowest BCUT2D eigenvalue weighted by atomic mass is 9.50. The lowest BCUT2D eigenvalue weighted by Gasteiger charge is -2.60. The fourth-order valence-corrected chi connectivity index (χ4v) is 8.20. The maximum Gasteiger partial charge on any atom is 0.0132 e. The van der Waals surface area contributed by atoms with E-state index in [1.807, 2.05) is 0 Å². The number of nitrogens with one attached hydrogen (secondary N) is 2. The molecule has 0 spiro atoms. The molecule has 2 saturated heterocycles. The van der Waals surface area contributed by atoms with Crippen LogP contribution in [-0.2, 0) is 0 Å². The molecule has 2 aliphatic rings. The van der Waals surface area contributed by atoms with Crippen LogP contribution in [0.2, 0.25) is 0 Å². The van der Waals surface area contributed by atoms with E-state index < -0.39 is 0 Å². The quantitative estimate of drug-likeness (QED) is 0.327. The Morgan fingerprint density at radius 1 is 0.656 bits per heavy atom. The molecular weight excluding hydrogens is 388 g/mol. The maximum atomic E-state index is 3.97. The van der Waals surface area contributed by atoms with Gasteiger partial charge in [-0.25, -0.2) is 0 Å². The Balaban J connectivity index is 2.29. The summed E-state index contributed by atoms with van der Waals surface area (Å²) in [5.74, 6) is 2.33. The minimum atomic E-state index is 0.214. The van der Waals surface area contributed by atoms with Crippen LogP contribution in [0.15, 0.2) is 0 Å². The van der Waals surface area contributed by atoms with Crippen LogP contribution < -0.4 is 10.6 Å². The number of hydrogen-bond donors (Lipinski definition) is 2. The maximum absolute atomic E-state index is 3.97. The number of hydrogen-bond acceptors (Lipinski definition) is 2. The fraction of sp³-hybridized carbons (Fsp3) is 1.00. The largest absolute Gasteiger partial charge is 0.307 e. The molecule has 0 aliphatic carbocycles. The van der Waals surface area contributed by atoms with E-state index in [0.717, 1.165) is 17.8 Å². The van der Waals surface area contributed by atoms with Gasteiger partial charge < -0.3 is 10.6 Å². The summed E-state index contributed by atoms with van der Waals surface area (Å²) in [5, 5.41) is 7.94. The molecule has 1 unspecified atom stereocenters. The van der Waals surface area contributed by atoms with Crippen molar-refractivity contribution in [1.29, 1.82) is 0 Å². The standard InChI is InChI=1S/C30H60N2/c1-12-13-14-15-16-17-18-23(2)30(11,24-19-26(3,4)31-27(5,6)20-24)25-21-28(7,8)32-29(9,10)22-25/h23-25,31-32H,12-22H2,1-11H3. The van der Waals surface area contributed by atoms with Crippen LogP contribution in [0, 0.1) is 23.2 Å². The summed E-state index contributed by atoms with van der Waals surface area (Å²) in [6.45, 7) is 27.2. The Kier molecular flexibility index (Phi) is 9.04. The smallest absolute Gasteiger partial charge is 0.0132 e. The first-order chi connectivity index (χ1) is 14.5. The van der Waals surface area contributed by atoms with Gasteiger partial charge in [0.05, 0.1) is 0 Å².